The number of benzene rings is 1. The zero-order valence-corrected chi connectivity index (χ0v) is 10.8. The van der Waals surface area contributed by atoms with Gasteiger partial charge in [0, 0.05) is 19.3 Å². The maximum Gasteiger partial charge on any atom is 0.115 e. The highest BCUT2D eigenvalue weighted by Crippen LogP contribution is 2.11. The highest BCUT2D eigenvalue weighted by Gasteiger charge is 2.02. The van der Waals surface area contributed by atoms with Crippen molar-refractivity contribution >= 4 is 0 Å². The molecule has 1 atom stereocenters. The molecule has 0 amide bonds. The van der Waals surface area contributed by atoms with Crippen LogP contribution in [0.4, 0.5) is 0 Å². The van der Waals surface area contributed by atoms with Gasteiger partial charge in [0.2, 0.25) is 0 Å². The van der Waals surface area contributed by atoms with Gasteiger partial charge >= 0.3 is 0 Å². The van der Waals surface area contributed by atoms with Crippen LogP contribution in [0.5, 0.6) is 5.75 Å². The number of phenols is 1. The average molecular weight is 237 g/mol. The van der Waals surface area contributed by atoms with E-state index >= 15 is 0 Å². The topological polar surface area (TPSA) is 41.5 Å². The molecule has 0 heterocycles. The van der Waals surface area contributed by atoms with E-state index in [2.05, 4.69) is 12.2 Å². The first-order valence-electron chi connectivity index (χ1n) is 6.31. The molecule has 17 heavy (non-hydrogen) atoms. The van der Waals surface area contributed by atoms with Crippen LogP contribution in [0.2, 0.25) is 0 Å². The predicted molar refractivity (Wildman–Crippen MR) is 70.4 cm³/mol. The van der Waals surface area contributed by atoms with Gasteiger partial charge in [-0.2, -0.15) is 0 Å². The van der Waals surface area contributed by atoms with Crippen LogP contribution >= 0.6 is 0 Å². The van der Waals surface area contributed by atoms with Gasteiger partial charge in [-0.3, -0.25) is 0 Å². The molecule has 0 saturated heterocycles. The van der Waals surface area contributed by atoms with Crippen LogP contribution in [-0.2, 0) is 11.2 Å². The largest absolute Gasteiger partial charge is 0.508 e. The van der Waals surface area contributed by atoms with Crippen molar-refractivity contribution in [2.45, 2.75) is 32.7 Å². The lowest BCUT2D eigenvalue weighted by atomic mass is 10.1. The molecular weight excluding hydrogens is 214 g/mol. The smallest absolute Gasteiger partial charge is 0.115 e. The van der Waals surface area contributed by atoms with Gasteiger partial charge in [0.15, 0.2) is 0 Å². The second-order valence-corrected chi connectivity index (χ2v) is 4.28. The number of ether oxygens (including phenoxy) is 1. The van der Waals surface area contributed by atoms with Crippen LogP contribution in [0.1, 0.15) is 25.8 Å². The molecule has 1 rings (SSSR count). The Morgan fingerprint density at radius 3 is 2.65 bits per heavy atom. The second kappa shape index (κ2) is 8.09. The van der Waals surface area contributed by atoms with E-state index in [0.717, 1.165) is 32.6 Å². The Labute approximate surface area is 104 Å². The van der Waals surface area contributed by atoms with Crippen molar-refractivity contribution in [1.29, 1.82) is 0 Å². The Morgan fingerprint density at radius 1 is 1.29 bits per heavy atom. The molecule has 0 fully saturated rings. The SMILES string of the molecule is CCOCCCNC(C)Cc1ccc(O)cc1. The molecule has 1 aromatic carbocycles. The Morgan fingerprint density at radius 2 is 2.00 bits per heavy atom. The Kier molecular flexibility index (Phi) is 6.67. The standard InChI is InChI=1S/C14H23NO2/c1-3-17-10-4-9-15-12(2)11-13-5-7-14(16)8-6-13/h5-8,12,15-16H,3-4,9-11H2,1-2H3. The van der Waals surface area contributed by atoms with Gasteiger partial charge < -0.3 is 15.2 Å². The van der Waals surface area contributed by atoms with E-state index in [-0.39, 0.29) is 0 Å². The molecule has 1 aromatic rings. The number of rotatable bonds is 8. The summed E-state index contributed by atoms with van der Waals surface area (Å²) in [4.78, 5) is 0. The van der Waals surface area contributed by atoms with E-state index in [0.29, 0.717) is 11.8 Å². The summed E-state index contributed by atoms with van der Waals surface area (Å²) in [6, 6.07) is 7.84. The summed E-state index contributed by atoms with van der Waals surface area (Å²) < 4.78 is 5.28. The third-order valence-electron chi connectivity index (χ3n) is 2.64. The fraction of sp³-hybridized carbons (Fsp3) is 0.571. The number of hydrogen-bond donors (Lipinski definition) is 2. The minimum atomic E-state index is 0.325. The number of phenolic OH excluding ortho intramolecular Hbond substituents is 1. The van der Waals surface area contributed by atoms with Gasteiger partial charge in [-0.15, -0.1) is 0 Å². The van der Waals surface area contributed by atoms with Crippen molar-refractivity contribution in [2.75, 3.05) is 19.8 Å². The maximum atomic E-state index is 9.19. The molecule has 2 N–H and O–H groups in total. The van der Waals surface area contributed by atoms with Gasteiger partial charge in [-0.25, -0.2) is 0 Å². The van der Waals surface area contributed by atoms with E-state index < -0.39 is 0 Å². The second-order valence-electron chi connectivity index (χ2n) is 4.28. The molecule has 0 saturated carbocycles. The molecule has 3 heteroatoms. The number of aromatic hydroxyl groups is 1. The Balaban J connectivity index is 2.16. The van der Waals surface area contributed by atoms with Crippen LogP contribution in [0, 0.1) is 0 Å². The van der Waals surface area contributed by atoms with Crippen LogP contribution < -0.4 is 5.32 Å². The normalized spacial score (nSPS) is 12.6. The Bertz CT molecular complexity index is 298. The molecule has 0 aromatic heterocycles. The van der Waals surface area contributed by atoms with E-state index in [9.17, 15) is 5.11 Å². The Hall–Kier alpha value is -1.06. The maximum absolute atomic E-state index is 9.19. The quantitative estimate of drug-likeness (QED) is 0.682. The van der Waals surface area contributed by atoms with Crippen LogP contribution in [0.3, 0.4) is 0 Å². The molecule has 96 valence electrons. The van der Waals surface area contributed by atoms with Gasteiger partial charge in [0.05, 0.1) is 0 Å². The number of nitrogens with one attached hydrogen (secondary N) is 1. The monoisotopic (exact) mass is 237 g/mol. The summed E-state index contributed by atoms with van der Waals surface area (Å²) in [5.74, 6) is 0.325. The van der Waals surface area contributed by atoms with Crippen molar-refractivity contribution in [3.8, 4) is 5.75 Å². The molecule has 0 aliphatic rings. The molecule has 1 unspecified atom stereocenters. The predicted octanol–water partition coefficient (Wildman–Crippen LogP) is 2.34. The van der Waals surface area contributed by atoms with E-state index in [4.69, 9.17) is 4.74 Å². The van der Waals surface area contributed by atoms with Gasteiger partial charge in [-0.05, 0) is 50.9 Å². The molecule has 0 aliphatic heterocycles. The fourth-order valence-electron chi connectivity index (χ4n) is 1.72. The van der Waals surface area contributed by atoms with Crippen LogP contribution in [0.25, 0.3) is 0 Å². The molecular formula is C14H23NO2. The lowest BCUT2D eigenvalue weighted by molar-refractivity contribution is 0.144. The third-order valence-corrected chi connectivity index (χ3v) is 2.64. The van der Waals surface area contributed by atoms with E-state index in [1.54, 1.807) is 12.1 Å². The van der Waals surface area contributed by atoms with Gasteiger partial charge in [0.25, 0.3) is 0 Å². The minimum absolute atomic E-state index is 0.325. The average Bonchev–Trinajstić information content (AvgIpc) is 2.32. The fourth-order valence-corrected chi connectivity index (χ4v) is 1.72. The first-order valence-corrected chi connectivity index (χ1v) is 6.31. The zero-order chi connectivity index (χ0) is 12.5. The summed E-state index contributed by atoms with van der Waals surface area (Å²) in [7, 11) is 0. The zero-order valence-electron chi connectivity index (χ0n) is 10.8. The summed E-state index contributed by atoms with van der Waals surface area (Å²) in [5, 5.41) is 12.6. The lowest BCUT2D eigenvalue weighted by Gasteiger charge is -2.13. The third kappa shape index (κ3) is 6.29. The molecule has 0 aliphatic carbocycles. The van der Waals surface area contributed by atoms with Crippen molar-refractivity contribution in [3.63, 3.8) is 0 Å². The highest BCUT2D eigenvalue weighted by atomic mass is 16.5. The van der Waals surface area contributed by atoms with Crippen molar-refractivity contribution in [3.05, 3.63) is 29.8 Å². The first kappa shape index (κ1) is 14.0. The summed E-state index contributed by atoms with van der Waals surface area (Å²) in [6.45, 7) is 6.80. The first-order chi connectivity index (χ1) is 8.22. The van der Waals surface area contributed by atoms with Crippen molar-refractivity contribution in [2.24, 2.45) is 0 Å². The van der Waals surface area contributed by atoms with Crippen molar-refractivity contribution in [1.82, 2.24) is 5.32 Å². The molecule has 0 radical (unpaired) electrons. The van der Waals surface area contributed by atoms with E-state index in [1.165, 1.54) is 5.56 Å². The van der Waals surface area contributed by atoms with Gasteiger partial charge in [0.1, 0.15) is 5.75 Å². The van der Waals surface area contributed by atoms with Crippen LogP contribution in [-0.4, -0.2) is 30.9 Å². The van der Waals surface area contributed by atoms with Gasteiger partial charge in [-0.1, -0.05) is 12.1 Å². The van der Waals surface area contributed by atoms with Crippen LogP contribution in [0.15, 0.2) is 24.3 Å². The summed E-state index contributed by atoms with van der Waals surface area (Å²) in [5.41, 5.74) is 1.24. The highest BCUT2D eigenvalue weighted by molar-refractivity contribution is 5.26. The molecule has 0 bridgehead atoms. The number of hydrogen-bond acceptors (Lipinski definition) is 3. The molecule has 0 spiro atoms. The summed E-state index contributed by atoms with van der Waals surface area (Å²) >= 11 is 0. The van der Waals surface area contributed by atoms with E-state index in [1.807, 2.05) is 19.1 Å². The minimum Gasteiger partial charge on any atom is -0.508 e. The van der Waals surface area contributed by atoms with Crippen molar-refractivity contribution < 1.29 is 9.84 Å². The summed E-state index contributed by atoms with van der Waals surface area (Å²) in [6.07, 6.45) is 2.03. The lowest BCUT2D eigenvalue weighted by Crippen LogP contribution is -2.29. The molecule has 3 nitrogen and oxygen atoms in total.